The molecule has 1 aromatic heterocycles. The van der Waals surface area contributed by atoms with Crippen molar-refractivity contribution in [2.24, 2.45) is 0 Å². The van der Waals surface area contributed by atoms with Gasteiger partial charge in [0.1, 0.15) is 11.5 Å². The van der Waals surface area contributed by atoms with Gasteiger partial charge in [-0.2, -0.15) is 12.6 Å². The Labute approximate surface area is 144 Å². The molecule has 0 amide bonds. The summed E-state index contributed by atoms with van der Waals surface area (Å²) in [5.41, 5.74) is 1.86. The number of hydrogen-bond acceptors (Lipinski definition) is 4. The van der Waals surface area contributed by atoms with Gasteiger partial charge in [-0.1, -0.05) is 42.5 Å². The highest BCUT2D eigenvalue weighted by Gasteiger charge is 2.15. The number of nitrogens with zero attached hydrogens (tertiary/aromatic N) is 1. The number of aromatic nitrogens is 1. The molecule has 2 aromatic carbocycles. The molecule has 0 fully saturated rings. The lowest BCUT2D eigenvalue weighted by Crippen LogP contribution is -2.06. The summed E-state index contributed by atoms with van der Waals surface area (Å²) in [6.45, 7) is 1.51. The van der Waals surface area contributed by atoms with Crippen molar-refractivity contribution >= 4 is 18.6 Å². The smallest absolute Gasteiger partial charge is 0.316 e. The average molecular weight is 345 g/mol. The van der Waals surface area contributed by atoms with Gasteiger partial charge in [0.2, 0.25) is 0 Å². The van der Waals surface area contributed by atoms with Crippen LogP contribution in [-0.4, -0.2) is 21.3 Å². The molecule has 1 unspecified atom stereocenters. The first-order valence-corrected chi connectivity index (χ1v) is 7.67. The molecule has 0 aliphatic heterocycles. The van der Waals surface area contributed by atoms with Gasteiger partial charge in [0.05, 0.1) is 5.25 Å². The van der Waals surface area contributed by atoms with Crippen molar-refractivity contribution < 1.29 is 18.7 Å². The van der Waals surface area contributed by atoms with Gasteiger partial charge in [0.15, 0.2) is 12.2 Å². The van der Waals surface area contributed by atoms with Gasteiger partial charge in [-0.3, -0.25) is 4.79 Å². The van der Waals surface area contributed by atoms with Crippen LogP contribution in [0.2, 0.25) is 0 Å². The summed E-state index contributed by atoms with van der Waals surface area (Å²) >= 11 is 3.59. The lowest BCUT2D eigenvalue weighted by Gasteiger charge is -2.02. The molecule has 0 saturated carbocycles. The second-order valence-corrected chi connectivity index (χ2v) is 5.66. The van der Waals surface area contributed by atoms with E-state index in [4.69, 9.17) is 9.52 Å². The third-order valence-electron chi connectivity index (χ3n) is 3.09. The molecular formula is C18H16FNO3S. The molecule has 124 valence electrons. The maximum atomic E-state index is 13.8. The molecule has 3 aromatic rings. The van der Waals surface area contributed by atoms with E-state index in [1.165, 1.54) is 19.4 Å². The van der Waals surface area contributed by atoms with E-state index < -0.39 is 11.2 Å². The normalized spacial score (nSPS) is 11.3. The quantitative estimate of drug-likeness (QED) is 0.684. The van der Waals surface area contributed by atoms with Crippen LogP contribution in [0, 0.1) is 5.82 Å². The molecule has 1 heterocycles. The maximum Gasteiger partial charge on any atom is 0.316 e. The summed E-state index contributed by atoms with van der Waals surface area (Å²) in [5, 5.41) is 7.38. The standard InChI is InChI=1S/C15H10FNO.C3H6O2S/c16-13-9-5-4-8-12(13)14-15(18-10-17-14)11-6-2-1-3-7-11;1-2(6)3(4)5/h1-10H;2,6H,1H3,(H,4,5). The average Bonchev–Trinajstić information content (AvgIpc) is 3.06. The van der Waals surface area contributed by atoms with Gasteiger partial charge < -0.3 is 9.52 Å². The fraction of sp³-hybridized carbons (Fsp3) is 0.111. The molecule has 1 N–H and O–H groups in total. The summed E-state index contributed by atoms with van der Waals surface area (Å²) in [4.78, 5) is 13.7. The zero-order valence-corrected chi connectivity index (χ0v) is 13.8. The van der Waals surface area contributed by atoms with Crippen LogP contribution < -0.4 is 0 Å². The monoisotopic (exact) mass is 345 g/mol. The van der Waals surface area contributed by atoms with Crippen molar-refractivity contribution in [1.82, 2.24) is 4.98 Å². The molecule has 1 atom stereocenters. The molecule has 0 saturated heterocycles. The first kappa shape index (κ1) is 17.7. The molecule has 0 radical (unpaired) electrons. The highest BCUT2D eigenvalue weighted by Crippen LogP contribution is 2.32. The van der Waals surface area contributed by atoms with Crippen molar-refractivity contribution in [3.8, 4) is 22.6 Å². The lowest BCUT2D eigenvalue weighted by molar-refractivity contribution is -0.136. The fourth-order valence-electron chi connectivity index (χ4n) is 1.89. The Bertz CT molecular complexity index is 803. The minimum atomic E-state index is -0.877. The number of carboxylic acid groups (broad SMARTS) is 1. The highest BCUT2D eigenvalue weighted by molar-refractivity contribution is 7.81. The largest absolute Gasteiger partial charge is 0.480 e. The van der Waals surface area contributed by atoms with Crippen LogP contribution in [0.25, 0.3) is 22.6 Å². The van der Waals surface area contributed by atoms with E-state index in [0.29, 0.717) is 17.0 Å². The van der Waals surface area contributed by atoms with E-state index in [1.54, 1.807) is 18.2 Å². The Balaban J connectivity index is 0.000000301. The SMILES string of the molecule is CC(S)C(=O)O.Fc1ccccc1-c1ncoc1-c1ccccc1. The predicted octanol–water partition coefficient (Wildman–Crippen LogP) is 4.54. The second kappa shape index (κ2) is 8.31. The molecule has 6 heteroatoms. The van der Waals surface area contributed by atoms with E-state index in [9.17, 15) is 9.18 Å². The van der Waals surface area contributed by atoms with Crippen LogP contribution in [-0.2, 0) is 4.79 Å². The minimum absolute atomic E-state index is 0.302. The van der Waals surface area contributed by atoms with E-state index in [0.717, 1.165) is 5.56 Å². The van der Waals surface area contributed by atoms with Crippen LogP contribution in [0.1, 0.15) is 6.92 Å². The van der Waals surface area contributed by atoms with Crippen molar-refractivity contribution in [3.63, 3.8) is 0 Å². The van der Waals surface area contributed by atoms with Gasteiger partial charge in [0, 0.05) is 11.1 Å². The topological polar surface area (TPSA) is 63.3 Å². The van der Waals surface area contributed by atoms with E-state index in [-0.39, 0.29) is 5.82 Å². The number of oxazole rings is 1. The number of benzene rings is 2. The molecule has 4 nitrogen and oxygen atoms in total. The summed E-state index contributed by atoms with van der Waals surface area (Å²) in [5.74, 6) is -0.595. The number of aliphatic carboxylic acids is 1. The van der Waals surface area contributed by atoms with E-state index in [2.05, 4.69) is 17.6 Å². The molecule has 0 aliphatic carbocycles. The molecule has 0 spiro atoms. The van der Waals surface area contributed by atoms with Crippen LogP contribution in [0.15, 0.2) is 65.4 Å². The van der Waals surface area contributed by atoms with Crippen molar-refractivity contribution in [1.29, 1.82) is 0 Å². The van der Waals surface area contributed by atoms with Crippen LogP contribution >= 0.6 is 12.6 Å². The molecule has 0 aliphatic rings. The summed E-state index contributed by atoms with van der Waals surface area (Å²) in [7, 11) is 0. The zero-order chi connectivity index (χ0) is 17.5. The zero-order valence-electron chi connectivity index (χ0n) is 12.9. The Morgan fingerprint density at radius 3 is 2.33 bits per heavy atom. The van der Waals surface area contributed by atoms with Gasteiger partial charge in [-0.05, 0) is 19.1 Å². The van der Waals surface area contributed by atoms with Crippen molar-refractivity contribution in [3.05, 3.63) is 66.8 Å². The second-order valence-electron chi connectivity index (χ2n) is 4.89. The molecule has 0 bridgehead atoms. The third-order valence-corrected chi connectivity index (χ3v) is 3.31. The Kier molecular flexibility index (Phi) is 6.14. The van der Waals surface area contributed by atoms with Gasteiger partial charge >= 0.3 is 5.97 Å². The minimum Gasteiger partial charge on any atom is -0.480 e. The fourth-order valence-corrected chi connectivity index (χ4v) is 1.89. The van der Waals surface area contributed by atoms with Crippen LogP contribution in [0.4, 0.5) is 4.39 Å². The van der Waals surface area contributed by atoms with Gasteiger partial charge in [0.25, 0.3) is 0 Å². The van der Waals surface area contributed by atoms with Crippen molar-refractivity contribution in [2.75, 3.05) is 0 Å². The highest BCUT2D eigenvalue weighted by atomic mass is 32.1. The maximum absolute atomic E-state index is 13.8. The van der Waals surface area contributed by atoms with Gasteiger partial charge in [-0.15, -0.1) is 0 Å². The number of hydrogen-bond donors (Lipinski definition) is 2. The first-order chi connectivity index (χ1) is 11.5. The number of carboxylic acids is 1. The number of thiol groups is 1. The lowest BCUT2D eigenvalue weighted by atomic mass is 10.1. The molecule has 3 rings (SSSR count). The number of rotatable bonds is 3. The predicted molar refractivity (Wildman–Crippen MR) is 93.4 cm³/mol. The molecule has 24 heavy (non-hydrogen) atoms. The Hall–Kier alpha value is -2.60. The van der Waals surface area contributed by atoms with Gasteiger partial charge in [-0.25, -0.2) is 9.37 Å². The molecular weight excluding hydrogens is 329 g/mol. The van der Waals surface area contributed by atoms with Crippen LogP contribution in [0.3, 0.4) is 0 Å². The Morgan fingerprint density at radius 1 is 1.17 bits per heavy atom. The van der Waals surface area contributed by atoms with E-state index in [1.807, 2.05) is 30.3 Å². The Morgan fingerprint density at radius 2 is 1.75 bits per heavy atom. The van der Waals surface area contributed by atoms with Crippen molar-refractivity contribution in [2.45, 2.75) is 12.2 Å². The summed E-state index contributed by atoms with van der Waals surface area (Å²) in [6, 6.07) is 16.1. The van der Waals surface area contributed by atoms with Crippen LogP contribution in [0.5, 0.6) is 0 Å². The summed E-state index contributed by atoms with van der Waals surface area (Å²) in [6.07, 6.45) is 1.34. The third kappa shape index (κ3) is 4.45. The van der Waals surface area contributed by atoms with E-state index >= 15 is 0 Å². The first-order valence-electron chi connectivity index (χ1n) is 7.15. The number of carbonyl (C=O) groups is 1. The number of halogens is 1. The summed E-state index contributed by atoms with van der Waals surface area (Å²) < 4.78 is 19.1.